The normalized spacial score (nSPS) is 15.5. The van der Waals surface area contributed by atoms with Crippen LogP contribution >= 0.6 is 0 Å². The van der Waals surface area contributed by atoms with Gasteiger partial charge in [-0.15, -0.1) is 0 Å². The Kier molecular flexibility index (Phi) is 2.14. The molecule has 0 saturated heterocycles. The van der Waals surface area contributed by atoms with Crippen LogP contribution < -0.4 is 10.9 Å². The third-order valence-electron chi connectivity index (χ3n) is 2.32. The lowest BCUT2D eigenvalue weighted by molar-refractivity contribution is 0.552. The number of aryl methyl sites for hydroxylation is 1. The molecule has 70 valence electrons. The first kappa shape index (κ1) is 8.44. The van der Waals surface area contributed by atoms with E-state index in [0.717, 1.165) is 30.8 Å². The number of hydrogen-bond acceptors (Lipinski definition) is 3. The molecule has 0 saturated carbocycles. The summed E-state index contributed by atoms with van der Waals surface area (Å²) in [5, 5.41) is 7.51. The fourth-order valence-corrected chi connectivity index (χ4v) is 1.59. The molecule has 0 unspecified atom stereocenters. The number of fused-ring (bicyclic) bond motifs is 1. The first-order valence-electron chi connectivity index (χ1n) is 4.62. The van der Waals surface area contributed by atoms with Crippen LogP contribution in [-0.4, -0.2) is 16.3 Å². The molecule has 1 aromatic rings. The van der Waals surface area contributed by atoms with E-state index in [1.807, 2.05) is 6.92 Å². The molecule has 13 heavy (non-hydrogen) atoms. The molecule has 0 bridgehead atoms. The molecular formula is C9H13N3O. The van der Waals surface area contributed by atoms with Gasteiger partial charge in [-0.3, -0.25) is 4.79 Å². The van der Waals surface area contributed by atoms with Crippen LogP contribution in [0.25, 0.3) is 0 Å². The summed E-state index contributed by atoms with van der Waals surface area (Å²) in [4.78, 5) is 11.4. The van der Waals surface area contributed by atoms with Gasteiger partial charge in [-0.25, -0.2) is 4.68 Å². The van der Waals surface area contributed by atoms with Gasteiger partial charge in [-0.1, -0.05) is 0 Å². The van der Waals surface area contributed by atoms with Crippen LogP contribution in [0.15, 0.2) is 10.9 Å². The summed E-state index contributed by atoms with van der Waals surface area (Å²) in [7, 11) is 0. The van der Waals surface area contributed by atoms with E-state index in [-0.39, 0.29) is 5.56 Å². The van der Waals surface area contributed by atoms with Crippen LogP contribution in [0.5, 0.6) is 0 Å². The third kappa shape index (κ3) is 1.49. The van der Waals surface area contributed by atoms with Crippen LogP contribution in [0.3, 0.4) is 0 Å². The highest BCUT2D eigenvalue weighted by Crippen LogP contribution is 2.07. The molecule has 4 heteroatoms. The summed E-state index contributed by atoms with van der Waals surface area (Å²) < 4.78 is 1.52. The van der Waals surface area contributed by atoms with E-state index in [0.29, 0.717) is 6.54 Å². The number of nitrogens with zero attached hydrogens (tertiary/aromatic N) is 2. The van der Waals surface area contributed by atoms with Crippen molar-refractivity contribution >= 4 is 0 Å². The average Bonchev–Trinajstić information content (AvgIpc) is 2.17. The second-order valence-corrected chi connectivity index (χ2v) is 3.20. The summed E-state index contributed by atoms with van der Waals surface area (Å²) in [6.45, 7) is 4.32. The predicted octanol–water partition coefficient (Wildman–Crippen LogP) is -0.0911. The van der Waals surface area contributed by atoms with Gasteiger partial charge in [-0.2, -0.15) is 5.10 Å². The van der Waals surface area contributed by atoms with Gasteiger partial charge >= 0.3 is 0 Å². The Morgan fingerprint density at radius 3 is 3.31 bits per heavy atom. The summed E-state index contributed by atoms with van der Waals surface area (Å²) in [5.74, 6) is 0. The molecule has 1 aliphatic heterocycles. The zero-order valence-electron chi connectivity index (χ0n) is 7.71. The lowest BCUT2D eigenvalue weighted by atomic mass is 10.1. The molecule has 0 aromatic carbocycles. The molecule has 1 aromatic heterocycles. The number of hydrogen-bond donors (Lipinski definition) is 1. The molecule has 4 nitrogen and oxygen atoms in total. The number of nitrogens with one attached hydrogen (secondary N) is 1. The Morgan fingerprint density at radius 2 is 2.54 bits per heavy atom. The maximum absolute atomic E-state index is 11.4. The van der Waals surface area contributed by atoms with Crippen molar-refractivity contribution < 1.29 is 0 Å². The lowest BCUT2D eigenvalue weighted by Gasteiger charge is -2.16. The van der Waals surface area contributed by atoms with Crippen molar-refractivity contribution in [2.75, 3.05) is 6.54 Å². The smallest absolute Gasteiger partial charge is 0.267 e. The first-order valence-corrected chi connectivity index (χ1v) is 4.62. The second-order valence-electron chi connectivity index (χ2n) is 3.20. The summed E-state index contributed by atoms with van der Waals surface area (Å²) in [6, 6.07) is 1.69. The molecule has 0 spiro atoms. The van der Waals surface area contributed by atoms with E-state index < -0.39 is 0 Å². The molecule has 0 radical (unpaired) electrons. The average molecular weight is 179 g/mol. The molecule has 2 heterocycles. The van der Waals surface area contributed by atoms with Crippen molar-refractivity contribution in [1.29, 1.82) is 0 Å². The zero-order valence-corrected chi connectivity index (χ0v) is 7.71. The molecule has 0 aliphatic carbocycles. The quantitative estimate of drug-likeness (QED) is 0.655. The monoisotopic (exact) mass is 179 g/mol. The Balaban J connectivity index is 2.51. The molecule has 0 fully saturated rings. The van der Waals surface area contributed by atoms with Crippen LogP contribution in [0.1, 0.15) is 18.2 Å². The van der Waals surface area contributed by atoms with Crippen molar-refractivity contribution in [2.45, 2.75) is 26.4 Å². The van der Waals surface area contributed by atoms with Gasteiger partial charge in [0.15, 0.2) is 0 Å². The zero-order chi connectivity index (χ0) is 9.26. The SMILES string of the molecule is CCn1nc2c(cc1=O)CNCC2. The van der Waals surface area contributed by atoms with Crippen molar-refractivity contribution in [3.8, 4) is 0 Å². The summed E-state index contributed by atoms with van der Waals surface area (Å²) in [5.41, 5.74) is 2.13. The standard InChI is InChI=1S/C9H13N3O/c1-2-12-9(13)5-7-6-10-4-3-8(7)11-12/h5,10H,2-4,6H2,1H3. The highest BCUT2D eigenvalue weighted by molar-refractivity contribution is 5.20. The van der Waals surface area contributed by atoms with E-state index >= 15 is 0 Å². The fraction of sp³-hybridized carbons (Fsp3) is 0.556. The lowest BCUT2D eigenvalue weighted by Crippen LogP contribution is -2.31. The minimum atomic E-state index is 0.00458. The largest absolute Gasteiger partial charge is 0.312 e. The Morgan fingerprint density at radius 1 is 1.69 bits per heavy atom. The van der Waals surface area contributed by atoms with E-state index in [1.165, 1.54) is 4.68 Å². The van der Waals surface area contributed by atoms with E-state index in [1.54, 1.807) is 6.07 Å². The van der Waals surface area contributed by atoms with Crippen LogP contribution in [0.4, 0.5) is 0 Å². The molecular weight excluding hydrogens is 166 g/mol. The van der Waals surface area contributed by atoms with Gasteiger partial charge in [0.2, 0.25) is 0 Å². The van der Waals surface area contributed by atoms with Crippen molar-refractivity contribution in [2.24, 2.45) is 0 Å². The van der Waals surface area contributed by atoms with Gasteiger partial charge in [0.25, 0.3) is 5.56 Å². The first-order chi connectivity index (χ1) is 6.31. The molecule has 1 N–H and O–H groups in total. The number of rotatable bonds is 1. The van der Waals surface area contributed by atoms with Gasteiger partial charge in [0.05, 0.1) is 5.69 Å². The Bertz CT molecular complexity index is 370. The highest BCUT2D eigenvalue weighted by Gasteiger charge is 2.11. The minimum Gasteiger partial charge on any atom is -0.312 e. The molecule has 0 atom stereocenters. The van der Waals surface area contributed by atoms with E-state index in [2.05, 4.69) is 10.4 Å². The maximum atomic E-state index is 11.4. The van der Waals surface area contributed by atoms with Crippen LogP contribution in [0.2, 0.25) is 0 Å². The van der Waals surface area contributed by atoms with Gasteiger partial charge in [0.1, 0.15) is 0 Å². The second kappa shape index (κ2) is 3.30. The topological polar surface area (TPSA) is 46.9 Å². The summed E-state index contributed by atoms with van der Waals surface area (Å²) in [6.07, 6.45) is 0.926. The predicted molar refractivity (Wildman–Crippen MR) is 49.6 cm³/mol. The number of aromatic nitrogens is 2. The van der Waals surface area contributed by atoms with Gasteiger partial charge < -0.3 is 5.32 Å². The molecule has 0 amide bonds. The summed E-state index contributed by atoms with van der Waals surface area (Å²) >= 11 is 0. The highest BCUT2D eigenvalue weighted by atomic mass is 16.1. The molecule has 2 rings (SSSR count). The fourth-order valence-electron chi connectivity index (χ4n) is 1.59. The van der Waals surface area contributed by atoms with E-state index in [4.69, 9.17) is 0 Å². The van der Waals surface area contributed by atoms with Crippen molar-refractivity contribution in [3.63, 3.8) is 0 Å². The Labute approximate surface area is 76.6 Å². The molecule has 1 aliphatic rings. The Hall–Kier alpha value is -1.16. The van der Waals surface area contributed by atoms with Crippen molar-refractivity contribution in [1.82, 2.24) is 15.1 Å². The van der Waals surface area contributed by atoms with Crippen LogP contribution in [0, 0.1) is 0 Å². The van der Waals surface area contributed by atoms with Gasteiger partial charge in [-0.05, 0) is 12.5 Å². The van der Waals surface area contributed by atoms with Crippen molar-refractivity contribution in [3.05, 3.63) is 27.7 Å². The van der Waals surface area contributed by atoms with Gasteiger partial charge in [0, 0.05) is 32.1 Å². The van der Waals surface area contributed by atoms with Crippen LogP contribution in [-0.2, 0) is 19.5 Å². The maximum Gasteiger partial charge on any atom is 0.267 e. The van der Waals surface area contributed by atoms with E-state index in [9.17, 15) is 4.79 Å². The minimum absolute atomic E-state index is 0.00458. The third-order valence-corrected chi connectivity index (χ3v) is 2.32.